The minimum Gasteiger partial charge on any atom is -0.467 e. The monoisotopic (exact) mass is 530 g/mol. The molecule has 0 radical (unpaired) electrons. The quantitative estimate of drug-likeness (QED) is 0.256. The summed E-state index contributed by atoms with van der Waals surface area (Å²) in [5, 5.41) is -4.64. The largest absolute Gasteiger partial charge is 0.467 e. The van der Waals surface area contributed by atoms with Crippen molar-refractivity contribution in [3.05, 3.63) is 101 Å². The summed E-state index contributed by atoms with van der Waals surface area (Å²) in [6.07, 6.45) is 0. The third kappa shape index (κ3) is 4.28. The van der Waals surface area contributed by atoms with Crippen LogP contribution in [0.3, 0.4) is 0 Å². The van der Waals surface area contributed by atoms with Crippen molar-refractivity contribution < 1.29 is 40.8 Å². The van der Waals surface area contributed by atoms with Gasteiger partial charge in [-0.05, 0) is 33.9 Å². The van der Waals surface area contributed by atoms with Crippen LogP contribution in [0.25, 0.3) is 0 Å². The van der Waals surface area contributed by atoms with Crippen LogP contribution >= 0.6 is 0 Å². The molecular weight excluding hydrogens is 506 g/mol. The van der Waals surface area contributed by atoms with Gasteiger partial charge in [0.25, 0.3) is 0 Å². The Balaban J connectivity index is 1.66. The van der Waals surface area contributed by atoms with Crippen LogP contribution in [0.15, 0.2) is 72.8 Å². The van der Waals surface area contributed by atoms with Crippen molar-refractivity contribution in [2.45, 2.75) is 23.0 Å². The molecule has 3 aliphatic carbocycles. The van der Waals surface area contributed by atoms with Crippen molar-refractivity contribution in [2.75, 3.05) is 20.5 Å². The van der Waals surface area contributed by atoms with Crippen molar-refractivity contribution >= 4 is 16.1 Å². The molecule has 2 atom stereocenters. The molecule has 2 bridgehead atoms. The highest BCUT2D eigenvalue weighted by atomic mass is 32.2. The smallest absolute Gasteiger partial charge is 0.402 e. The zero-order valence-electron chi connectivity index (χ0n) is 19.7. The molecule has 0 fully saturated rings. The molecule has 0 heterocycles. The molecule has 0 amide bonds. The van der Waals surface area contributed by atoms with E-state index < -0.39 is 45.7 Å². The summed E-state index contributed by atoms with van der Waals surface area (Å²) in [6.45, 7) is -1.84. The van der Waals surface area contributed by atoms with Crippen molar-refractivity contribution in [1.82, 2.24) is 0 Å². The number of halogens is 2. The minimum atomic E-state index is -5.76. The lowest BCUT2D eigenvalue weighted by molar-refractivity contribution is -0.156. The van der Waals surface area contributed by atoms with Gasteiger partial charge in [-0.15, -0.1) is 0 Å². The first kappa shape index (κ1) is 25.3. The van der Waals surface area contributed by atoms with E-state index in [0.29, 0.717) is 11.3 Å². The minimum absolute atomic E-state index is 0.0410. The molecule has 194 valence electrons. The number of rotatable bonds is 8. The van der Waals surface area contributed by atoms with Crippen LogP contribution in [0.1, 0.15) is 45.6 Å². The maximum absolute atomic E-state index is 14.0. The van der Waals surface area contributed by atoms with Crippen molar-refractivity contribution in [2.24, 2.45) is 5.92 Å². The maximum Gasteiger partial charge on any atom is 0.402 e. The Hall–Kier alpha value is -3.34. The van der Waals surface area contributed by atoms with Crippen LogP contribution in [0.4, 0.5) is 8.78 Å². The van der Waals surface area contributed by atoms with E-state index in [4.69, 9.17) is 18.8 Å². The molecule has 0 saturated carbocycles. The lowest BCUT2D eigenvalue weighted by atomic mass is 9.53. The molecule has 10 heteroatoms. The maximum atomic E-state index is 14.0. The van der Waals surface area contributed by atoms with Gasteiger partial charge in [0, 0.05) is 24.9 Å². The predicted octanol–water partition coefficient (Wildman–Crippen LogP) is 4.68. The highest BCUT2D eigenvalue weighted by Crippen LogP contribution is 2.62. The Bertz CT molecular complexity index is 1390. The second-order valence-corrected chi connectivity index (χ2v) is 10.6. The van der Waals surface area contributed by atoms with Crippen LogP contribution in [-0.4, -0.2) is 44.7 Å². The zero-order chi connectivity index (χ0) is 26.4. The first-order valence-electron chi connectivity index (χ1n) is 11.6. The molecule has 1 N–H and O–H groups in total. The van der Waals surface area contributed by atoms with Crippen molar-refractivity contribution in [3.8, 4) is 5.75 Å². The summed E-state index contributed by atoms with van der Waals surface area (Å²) in [5.74, 6) is -2.94. The summed E-state index contributed by atoms with van der Waals surface area (Å²) in [6, 6.07) is 22.4. The molecule has 37 heavy (non-hydrogen) atoms. The zero-order valence-corrected chi connectivity index (χ0v) is 20.5. The van der Waals surface area contributed by atoms with Gasteiger partial charge < -0.3 is 14.2 Å². The highest BCUT2D eigenvalue weighted by molar-refractivity contribution is 7.86. The van der Waals surface area contributed by atoms with Gasteiger partial charge in [0.1, 0.15) is 5.75 Å². The van der Waals surface area contributed by atoms with Gasteiger partial charge in [0.05, 0.1) is 5.92 Å². The Labute approximate surface area is 212 Å². The molecule has 7 nitrogen and oxygen atoms in total. The molecule has 3 aromatic carbocycles. The van der Waals surface area contributed by atoms with Gasteiger partial charge in [0.2, 0.25) is 0 Å². The van der Waals surface area contributed by atoms with Crippen LogP contribution in [0, 0.1) is 5.92 Å². The Morgan fingerprint density at radius 2 is 1.35 bits per heavy atom. The van der Waals surface area contributed by atoms with Gasteiger partial charge in [-0.1, -0.05) is 66.7 Å². The summed E-state index contributed by atoms with van der Waals surface area (Å²) in [4.78, 5) is 13.6. The van der Waals surface area contributed by atoms with Gasteiger partial charge in [-0.25, -0.2) is 0 Å². The fraction of sp³-hybridized carbons (Fsp3) is 0.296. The summed E-state index contributed by atoms with van der Waals surface area (Å²) < 4.78 is 74.9. The van der Waals surface area contributed by atoms with E-state index in [-0.39, 0.29) is 12.7 Å². The first-order valence-corrected chi connectivity index (χ1v) is 13.0. The third-order valence-electron chi connectivity index (χ3n) is 7.08. The summed E-state index contributed by atoms with van der Waals surface area (Å²) in [5.41, 5.74) is 4.43. The molecule has 0 aliphatic heterocycles. The van der Waals surface area contributed by atoms with E-state index in [1.807, 2.05) is 54.6 Å². The number of para-hydroxylation sites is 1. The number of esters is 1. The predicted molar refractivity (Wildman–Crippen MR) is 129 cm³/mol. The van der Waals surface area contributed by atoms with Gasteiger partial charge in [-0.3, -0.25) is 9.35 Å². The topological polar surface area (TPSA) is 99.1 Å². The van der Waals surface area contributed by atoms with E-state index in [1.165, 1.54) is 7.11 Å². The summed E-state index contributed by atoms with van der Waals surface area (Å²) >= 11 is 0. The Morgan fingerprint density at radius 1 is 0.865 bits per heavy atom. The number of alkyl halides is 2. The van der Waals surface area contributed by atoms with Crippen LogP contribution in [0.2, 0.25) is 0 Å². The van der Waals surface area contributed by atoms with Crippen molar-refractivity contribution in [1.29, 1.82) is 0 Å². The summed E-state index contributed by atoms with van der Waals surface area (Å²) in [7, 11) is -4.28. The fourth-order valence-corrected chi connectivity index (χ4v) is 5.88. The SMILES string of the molecule is COCOc1ccccc1C1C2c3ccccc3C(c3ccccc32)C1C(=O)OCC(F)(F)S(=O)(=O)O. The number of methoxy groups -OCH3 is 1. The average molecular weight is 531 g/mol. The van der Waals surface area contributed by atoms with Gasteiger partial charge >= 0.3 is 21.3 Å². The lowest BCUT2D eigenvalue weighted by Crippen LogP contribution is -2.44. The average Bonchev–Trinajstić information content (AvgIpc) is 2.89. The molecule has 0 aromatic heterocycles. The number of hydrogen-bond donors (Lipinski definition) is 1. The number of carbonyl (C=O) groups is 1. The lowest BCUT2D eigenvalue weighted by Gasteiger charge is -2.50. The second kappa shape index (κ2) is 9.51. The van der Waals surface area contributed by atoms with Gasteiger partial charge in [-0.2, -0.15) is 17.2 Å². The Kier molecular flexibility index (Phi) is 6.51. The number of benzene rings is 3. The normalized spacial score (nSPS) is 22.2. The van der Waals surface area contributed by atoms with E-state index in [2.05, 4.69) is 0 Å². The van der Waals surface area contributed by atoms with Crippen LogP contribution < -0.4 is 4.74 Å². The third-order valence-corrected chi connectivity index (χ3v) is 7.95. The Morgan fingerprint density at radius 3 is 1.86 bits per heavy atom. The molecule has 0 spiro atoms. The van der Waals surface area contributed by atoms with Crippen LogP contribution in [-0.2, 0) is 24.4 Å². The number of carbonyl (C=O) groups excluding carboxylic acids is 1. The highest BCUT2D eigenvalue weighted by Gasteiger charge is 2.55. The standard InChI is InChI=1S/C27H24F2O7S/c1-34-15-36-21-13-7-6-12-20(21)24-22-16-8-2-4-10-18(16)23(19-11-5-3-9-17(19)22)25(24)26(30)35-14-27(28,29)37(31,32)33/h2-13,22-25H,14-15H2,1H3,(H,31,32,33). The van der Waals surface area contributed by atoms with Crippen LogP contribution in [0.5, 0.6) is 5.75 Å². The van der Waals surface area contributed by atoms with E-state index in [0.717, 1.165) is 22.3 Å². The first-order chi connectivity index (χ1) is 17.7. The van der Waals surface area contributed by atoms with Gasteiger partial charge in [0.15, 0.2) is 13.4 Å². The van der Waals surface area contributed by atoms with E-state index in [1.54, 1.807) is 18.2 Å². The fourth-order valence-electron chi connectivity index (χ4n) is 5.67. The second-order valence-electron chi connectivity index (χ2n) is 9.07. The van der Waals surface area contributed by atoms with E-state index >= 15 is 0 Å². The molecule has 0 saturated heterocycles. The number of hydrogen-bond acceptors (Lipinski definition) is 6. The van der Waals surface area contributed by atoms with Crippen molar-refractivity contribution in [3.63, 3.8) is 0 Å². The number of fused-ring (bicyclic) bond motifs is 1. The molecule has 3 aromatic rings. The molecule has 3 aliphatic rings. The number of ether oxygens (including phenoxy) is 3. The molecular formula is C27H24F2O7S. The molecule has 6 rings (SSSR count). The van der Waals surface area contributed by atoms with E-state index in [9.17, 15) is 22.0 Å². The molecule has 2 unspecified atom stereocenters.